The van der Waals surface area contributed by atoms with Crippen LogP contribution in [-0.2, 0) is 9.59 Å². The van der Waals surface area contributed by atoms with Crippen molar-refractivity contribution in [1.29, 1.82) is 0 Å². The van der Waals surface area contributed by atoms with Crippen molar-refractivity contribution >= 4 is 28.9 Å². The van der Waals surface area contributed by atoms with Gasteiger partial charge in [-0.05, 0) is 18.2 Å². The monoisotopic (exact) mass is 385 g/mol. The van der Waals surface area contributed by atoms with Gasteiger partial charge in [0.05, 0.1) is 30.7 Å². The quantitative estimate of drug-likeness (QED) is 0.604. The number of carbonyl (C=O) groups excluding carboxylic acids is 2. The van der Waals surface area contributed by atoms with E-state index >= 15 is 0 Å². The average Bonchev–Trinajstić information content (AvgIpc) is 3.09. The third-order valence-corrected chi connectivity index (χ3v) is 4.50. The molecule has 0 saturated carbocycles. The number of non-ortho nitro benzene ring substituents is 1. The molecule has 0 bridgehead atoms. The zero-order valence-electron chi connectivity index (χ0n) is 15.4. The van der Waals surface area contributed by atoms with Crippen LogP contribution in [0.25, 0.3) is 0 Å². The standard InChI is InChI=1S/C19H19N3O6/c1-27-15-6-7-17(28-2)16(10-15)21-11-12(8-18(21)23)19(24)20-13-4-3-5-14(9-13)22(25)26/h3-7,9-10,12H,8,11H2,1-2H3,(H,20,24)/t12-/m1/s1. The summed E-state index contributed by atoms with van der Waals surface area (Å²) >= 11 is 0. The van der Waals surface area contributed by atoms with Crippen molar-refractivity contribution < 1.29 is 24.0 Å². The highest BCUT2D eigenvalue weighted by molar-refractivity contribution is 6.04. The summed E-state index contributed by atoms with van der Waals surface area (Å²) in [4.78, 5) is 36.9. The maximum absolute atomic E-state index is 12.6. The van der Waals surface area contributed by atoms with Gasteiger partial charge in [-0.15, -0.1) is 0 Å². The second kappa shape index (κ2) is 7.95. The van der Waals surface area contributed by atoms with Crippen LogP contribution in [-0.4, -0.2) is 37.5 Å². The molecule has 2 aromatic rings. The van der Waals surface area contributed by atoms with Gasteiger partial charge in [0.25, 0.3) is 5.69 Å². The molecule has 1 atom stereocenters. The van der Waals surface area contributed by atoms with E-state index < -0.39 is 10.8 Å². The van der Waals surface area contributed by atoms with Gasteiger partial charge in [0, 0.05) is 36.9 Å². The van der Waals surface area contributed by atoms with Crippen LogP contribution in [0.4, 0.5) is 17.1 Å². The molecule has 9 nitrogen and oxygen atoms in total. The molecular weight excluding hydrogens is 366 g/mol. The number of nitrogens with zero attached hydrogens (tertiary/aromatic N) is 2. The van der Waals surface area contributed by atoms with E-state index in [9.17, 15) is 19.7 Å². The van der Waals surface area contributed by atoms with E-state index in [0.29, 0.717) is 22.9 Å². The Kier molecular flexibility index (Phi) is 5.44. The topological polar surface area (TPSA) is 111 Å². The lowest BCUT2D eigenvalue weighted by Crippen LogP contribution is -2.28. The van der Waals surface area contributed by atoms with Crippen molar-refractivity contribution in [2.45, 2.75) is 6.42 Å². The number of hydrogen-bond donors (Lipinski definition) is 1. The number of nitrogens with one attached hydrogen (secondary N) is 1. The molecule has 0 aliphatic carbocycles. The summed E-state index contributed by atoms with van der Waals surface area (Å²) < 4.78 is 10.5. The highest BCUT2D eigenvalue weighted by Crippen LogP contribution is 2.36. The van der Waals surface area contributed by atoms with Crippen molar-refractivity contribution in [3.8, 4) is 11.5 Å². The number of benzene rings is 2. The molecule has 1 aliphatic rings. The predicted octanol–water partition coefficient (Wildman–Crippen LogP) is 2.60. The summed E-state index contributed by atoms with van der Waals surface area (Å²) in [5.74, 6) is -0.131. The Morgan fingerprint density at radius 2 is 2.00 bits per heavy atom. The van der Waals surface area contributed by atoms with Crippen molar-refractivity contribution in [2.75, 3.05) is 31.0 Å². The minimum atomic E-state index is -0.595. The highest BCUT2D eigenvalue weighted by Gasteiger charge is 2.36. The molecule has 9 heteroatoms. The van der Waals surface area contributed by atoms with Crippen molar-refractivity contribution in [3.63, 3.8) is 0 Å². The van der Waals surface area contributed by atoms with Crippen LogP contribution in [0.15, 0.2) is 42.5 Å². The zero-order chi connectivity index (χ0) is 20.3. The van der Waals surface area contributed by atoms with Crippen molar-refractivity contribution in [2.24, 2.45) is 5.92 Å². The van der Waals surface area contributed by atoms with Crippen LogP contribution >= 0.6 is 0 Å². The first-order valence-corrected chi connectivity index (χ1v) is 8.50. The van der Waals surface area contributed by atoms with Gasteiger partial charge in [0.2, 0.25) is 11.8 Å². The van der Waals surface area contributed by atoms with E-state index in [4.69, 9.17) is 9.47 Å². The van der Waals surface area contributed by atoms with Gasteiger partial charge in [-0.3, -0.25) is 19.7 Å². The molecular formula is C19H19N3O6. The number of hydrogen-bond acceptors (Lipinski definition) is 6. The second-order valence-electron chi connectivity index (χ2n) is 6.24. The van der Waals surface area contributed by atoms with Gasteiger partial charge in [-0.25, -0.2) is 0 Å². The molecule has 1 aliphatic heterocycles. The van der Waals surface area contributed by atoms with Gasteiger partial charge in [-0.2, -0.15) is 0 Å². The van der Waals surface area contributed by atoms with E-state index in [0.717, 1.165) is 0 Å². The van der Waals surface area contributed by atoms with Gasteiger partial charge < -0.3 is 19.7 Å². The first-order chi connectivity index (χ1) is 13.4. The Morgan fingerprint density at radius 3 is 2.68 bits per heavy atom. The molecule has 1 N–H and O–H groups in total. The lowest BCUT2D eigenvalue weighted by Gasteiger charge is -2.20. The Balaban J connectivity index is 1.76. The Hall–Kier alpha value is -3.62. The zero-order valence-corrected chi connectivity index (χ0v) is 15.4. The second-order valence-corrected chi connectivity index (χ2v) is 6.24. The average molecular weight is 385 g/mol. The summed E-state index contributed by atoms with van der Waals surface area (Å²) in [5.41, 5.74) is 0.713. The smallest absolute Gasteiger partial charge is 0.271 e. The fourth-order valence-corrected chi connectivity index (χ4v) is 3.07. The highest BCUT2D eigenvalue weighted by atomic mass is 16.6. The number of anilines is 2. The Morgan fingerprint density at radius 1 is 1.21 bits per heavy atom. The molecule has 1 heterocycles. The van der Waals surface area contributed by atoms with Crippen LogP contribution in [0.1, 0.15) is 6.42 Å². The number of rotatable bonds is 6. The molecule has 1 fully saturated rings. The van der Waals surface area contributed by atoms with E-state index in [1.165, 1.54) is 37.3 Å². The molecule has 1 saturated heterocycles. The number of amides is 2. The maximum Gasteiger partial charge on any atom is 0.271 e. The van der Waals surface area contributed by atoms with E-state index in [1.807, 2.05) is 0 Å². The van der Waals surface area contributed by atoms with Gasteiger partial charge >= 0.3 is 0 Å². The summed E-state index contributed by atoms with van der Waals surface area (Å²) in [5, 5.41) is 13.5. The summed E-state index contributed by atoms with van der Waals surface area (Å²) in [6, 6.07) is 10.7. The summed E-state index contributed by atoms with van der Waals surface area (Å²) in [7, 11) is 3.02. The summed E-state index contributed by atoms with van der Waals surface area (Å²) in [6.07, 6.45) is 0.0289. The van der Waals surface area contributed by atoms with Crippen LogP contribution < -0.4 is 19.7 Å². The maximum atomic E-state index is 12.6. The predicted molar refractivity (Wildman–Crippen MR) is 102 cm³/mol. The van der Waals surface area contributed by atoms with Gasteiger partial charge in [0.1, 0.15) is 11.5 Å². The van der Waals surface area contributed by atoms with Crippen molar-refractivity contribution in [1.82, 2.24) is 0 Å². The normalized spacial score (nSPS) is 16.0. The van der Waals surface area contributed by atoms with E-state index in [2.05, 4.69) is 5.32 Å². The first kappa shape index (κ1) is 19.2. The Bertz CT molecular complexity index is 930. The number of nitro benzene ring substituents is 1. The van der Waals surface area contributed by atoms with Crippen LogP contribution in [0.3, 0.4) is 0 Å². The van der Waals surface area contributed by atoms with Gasteiger partial charge in [-0.1, -0.05) is 6.07 Å². The van der Waals surface area contributed by atoms with Gasteiger partial charge in [0.15, 0.2) is 0 Å². The SMILES string of the molecule is COc1ccc(OC)c(N2C[C@H](C(=O)Nc3cccc([N+](=O)[O-])c3)CC2=O)c1. The van der Waals surface area contributed by atoms with Crippen LogP contribution in [0, 0.1) is 16.0 Å². The molecule has 0 aromatic heterocycles. The minimum Gasteiger partial charge on any atom is -0.497 e. The molecule has 3 rings (SSSR count). The number of ether oxygens (including phenoxy) is 2. The van der Waals surface area contributed by atoms with Crippen molar-refractivity contribution in [3.05, 3.63) is 52.6 Å². The molecule has 146 valence electrons. The van der Waals surface area contributed by atoms with Crippen LogP contribution in [0.2, 0.25) is 0 Å². The lowest BCUT2D eigenvalue weighted by molar-refractivity contribution is -0.384. The number of methoxy groups -OCH3 is 2. The van der Waals surface area contributed by atoms with Crippen LogP contribution in [0.5, 0.6) is 11.5 Å². The first-order valence-electron chi connectivity index (χ1n) is 8.50. The van der Waals surface area contributed by atoms with E-state index in [-0.39, 0.29) is 30.5 Å². The number of carbonyl (C=O) groups is 2. The number of nitro groups is 1. The minimum absolute atomic E-state index is 0.0289. The molecule has 2 amide bonds. The molecule has 28 heavy (non-hydrogen) atoms. The lowest BCUT2D eigenvalue weighted by atomic mass is 10.1. The summed E-state index contributed by atoms with van der Waals surface area (Å²) in [6.45, 7) is 0.170. The largest absolute Gasteiger partial charge is 0.497 e. The fourth-order valence-electron chi connectivity index (χ4n) is 3.07. The third-order valence-electron chi connectivity index (χ3n) is 4.50. The molecule has 0 radical (unpaired) electrons. The third kappa shape index (κ3) is 3.88. The molecule has 0 spiro atoms. The fraction of sp³-hybridized carbons (Fsp3) is 0.263. The molecule has 2 aromatic carbocycles. The molecule has 0 unspecified atom stereocenters. The Labute approximate surface area is 161 Å². The van der Waals surface area contributed by atoms with E-state index in [1.54, 1.807) is 24.3 Å².